The lowest BCUT2D eigenvalue weighted by atomic mass is 9.82. The number of nitrogens with two attached hydrogens (primary N) is 1. The van der Waals surface area contributed by atoms with E-state index in [-0.39, 0.29) is 5.41 Å². The summed E-state index contributed by atoms with van der Waals surface area (Å²) in [5.74, 6) is 1.47. The maximum atomic E-state index is 5.91. The summed E-state index contributed by atoms with van der Waals surface area (Å²) in [6.07, 6.45) is 4.06. The first-order chi connectivity index (χ1) is 10.1. The molecule has 1 saturated heterocycles. The third kappa shape index (κ3) is 2.76. The Bertz CT molecular complexity index is 622. The summed E-state index contributed by atoms with van der Waals surface area (Å²) < 4.78 is 0. The molecule has 0 bridgehead atoms. The molecule has 6 nitrogen and oxygen atoms in total. The van der Waals surface area contributed by atoms with Gasteiger partial charge in [0.15, 0.2) is 5.82 Å². The van der Waals surface area contributed by atoms with Gasteiger partial charge in [0.2, 0.25) is 5.95 Å². The largest absolute Gasteiger partial charge is 0.339 e. The average molecular weight is 286 g/mol. The van der Waals surface area contributed by atoms with Crippen LogP contribution in [0.4, 0.5) is 5.95 Å². The summed E-state index contributed by atoms with van der Waals surface area (Å²) in [5.41, 5.74) is 8.01. The lowest BCUT2D eigenvalue weighted by molar-refractivity contribution is 0.270. The highest BCUT2D eigenvalue weighted by Crippen LogP contribution is 2.30. The minimum absolute atomic E-state index is 0.153. The van der Waals surface area contributed by atoms with Crippen LogP contribution in [0.25, 0.3) is 11.5 Å². The standard InChI is InChI=1S/C15H22N6/c1-11-5-3-7-17-12(11)13-18-14(20-19-13)21-8-4-6-15(2,9-16)10-21/h3,5,7H,4,6,8-10,16H2,1-2H3,(H,18,19,20). The SMILES string of the molecule is Cc1cccnc1-c1nc(N2CCCC(C)(CN)C2)n[nH]1. The zero-order valence-electron chi connectivity index (χ0n) is 12.6. The fourth-order valence-electron chi connectivity index (χ4n) is 2.89. The second-order valence-electron chi connectivity index (χ2n) is 6.19. The van der Waals surface area contributed by atoms with Gasteiger partial charge >= 0.3 is 0 Å². The van der Waals surface area contributed by atoms with Crippen molar-refractivity contribution >= 4 is 5.95 Å². The van der Waals surface area contributed by atoms with Crippen molar-refractivity contribution in [1.82, 2.24) is 20.2 Å². The maximum absolute atomic E-state index is 5.91. The van der Waals surface area contributed by atoms with Crippen LogP contribution in [0.3, 0.4) is 0 Å². The van der Waals surface area contributed by atoms with Crippen LogP contribution in [0, 0.1) is 12.3 Å². The van der Waals surface area contributed by atoms with Gasteiger partial charge in [0.05, 0.1) is 0 Å². The number of nitrogens with zero attached hydrogens (tertiary/aromatic N) is 4. The molecule has 0 spiro atoms. The molecule has 0 saturated carbocycles. The van der Waals surface area contributed by atoms with Crippen LogP contribution in [-0.2, 0) is 0 Å². The van der Waals surface area contributed by atoms with Crippen molar-refractivity contribution in [1.29, 1.82) is 0 Å². The van der Waals surface area contributed by atoms with E-state index in [2.05, 4.69) is 32.0 Å². The molecule has 2 aromatic heterocycles. The Morgan fingerprint density at radius 1 is 1.48 bits per heavy atom. The number of aryl methyl sites for hydroxylation is 1. The first kappa shape index (κ1) is 14.0. The molecule has 112 valence electrons. The van der Waals surface area contributed by atoms with E-state index in [0.717, 1.165) is 49.0 Å². The summed E-state index contributed by atoms with van der Waals surface area (Å²) in [5, 5.41) is 7.38. The molecule has 3 heterocycles. The van der Waals surface area contributed by atoms with Crippen LogP contribution >= 0.6 is 0 Å². The topological polar surface area (TPSA) is 83.7 Å². The van der Waals surface area contributed by atoms with E-state index in [4.69, 9.17) is 5.73 Å². The molecule has 21 heavy (non-hydrogen) atoms. The maximum Gasteiger partial charge on any atom is 0.245 e. The van der Waals surface area contributed by atoms with E-state index in [1.807, 2.05) is 19.1 Å². The molecule has 1 aliphatic rings. The van der Waals surface area contributed by atoms with Gasteiger partial charge in [-0.1, -0.05) is 13.0 Å². The third-order valence-electron chi connectivity index (χ3n) is 4.26. The lowest BCUT2D eigenvalue weighted by Crippen LogP contribution is -2.46. The van der Waals surface area contributed by atoms with E-state index in [1.165, 1.54) is 0 Å². The van der Waals surface area contributed by atoms with E-state index in [0.29, 0.717) is 6.54 Å². The molecule has 1 fully saturated rings. The number of hydrogen-bond acceptors (Lipinski definition) is 5. The van der Waals surface area contributed by atoms with Crippen molar-refractivity contribution in [3.8, 4) is 11.5 Å². The number of anilines is 1. The summed E-state index contributed by atoms with van der Waals surface area (Å²) in [6.45, 7) is 6.84. The van der Waals surface area contributed by atoms with Crippen molar-refractivity contribution < 1.29 is 0 Å². The number of pyridine rings is 1. The van der Waals surface area contributed by atoms with Gasteiger partial charge in [0.1, 0.15) is 5.69 Å². The zero-order valence-corrected chi connectivity index (χ0v) is 12.6. The number of rotatable bonds is 3. The average Bonchev–Trinajstić information content (AvgIpc) is 2.97. The van der Waals surface area contributed by atoms with Crippen LogP contribution in [0.1, 0.15) is 25.3 Å². The van der Waals surface area contributed by atoms with E-state index in [9.17, 15) is 0 Å². The Morgan fingerprint density at radius 3 is 3.10 bits per heavy atom. The first-order valence-electron chi connectivity index (χ1n) is 7.41. The van der Waals surface area contributed by atoms with Gasteiger partial charge < -0.3 is 10.6 Å². The minimum atomic E-state index is 0.153. The summed E-state index contributed by atoms with van der Waals surface area (Å²) >= 11 is 0. The van der Waals surface area contributed by atoms with Gasteiger partial charge in [0.25, 0.3) is 0 Å². The quantitative estimate of drug-likeness (QED) is 0.898. The Kier molecular flexibility index (Phi) is 3.63. The minimum Gasteiger partial charge on any atom is -0.339 e. The summed E-state index contributed by atoms with van der Waals surface area (Å²) in [6, 6.07) is 3.95. The fraction of sp³-hybridized carbons (Fsp3) is 0.533. The number of H-pyrrole nitrogens is 1. The smallest absolute Gasteiger partial charge is 0.245 e. The van der Waals surface area contributed by atoms with Crippen molar-refractivity contribution in [2.75, 3.05) is 24.5 Å². The molecule has 3 rings (SSSR count). The summed E-state index contributed by atoms with van der Waals surface area (Å²) in [4.78, 5) is 11.2. The predicted octanol–water partition coefficient (Wildman–Crippen LogP) is 1.74. The Labute approximate surface area is 124 Å². The van der Waals surface area contributed by atoms with Gasteiger partial charge in [-0.15, -0.1) is 5.10 Å². The molecule has 6 heteroatoms. The Hall–Kier alpha value is -1.95. The van der Waals surface area contributed by atoms with Gasteiger partial charge in [-0.25, -0.2) is 0 Å². The lowest BCUT2D eigenvalue weighted by Gasteiger charge is -2.39. The van der Waals surface area contributed by atoms with Crippen LogP contribution in [0.2, 0.25) is 0 Å². The van der Waals surface area contributed by atoms with E-state index >= 15 is 0 Å². The highest BCUT2D eigenvalue weighted by molar-refractivity contribution is 5.55. The normalized spacial score (nSPS) is 22.5. The van der Waals surface area contributed by atoms with Crippen molar-refractivity contribution in [2.45, 2.75) is 26.7 Å². The van der Waals surface area contributed by atoms with E-state index < -0.39 is 0 Å². The highest BCUT2D eigenvalue weighted by atomic mass is 15.4. The molecule has 0 amide bonds. The molecule has 1 aliphatic heterocycles. The fourth-order valence-corrected chi connectivity index (χ4v) is 2.89. The van der Waals surface area contributed by atoms with Crippen LogP contribution in [0.5, 0.6) is 0 Å². The van der Waals surface area contributed by atoms with Gasteiger partial charge in [-0.05, 0) is 43.4 Å². The molecule has 0 radical (unpaired) electrons. The summed E-state index contributed by atoms with van der Waals surface area (Å²) in [7, 11) is 0. The van der Waals surface area contributed by atoms with Gasteiger partial charge in [-0.3, -0.25) is 10.1 Å². The molecule has 0 aromatic carbocycles. The number of piperidine rings is 1. The van der Waals surface area contributed by atoms with Gasteiger partial charge in [0, 0.05) is 19.3 Å². The third-order valence-corrected chi connectivity index (χ3v) is 4.26. The van der Waals surface area contributed by atoms with Crippen LogP contribution in [0.15, 0.2) is 18.3 Å². The highest BCUT2D eigenvalue weighted by Gasteiger charge is 2.31. The second kappa shape index (κ2) is 5.44. The van der Waals surface area contributed by atoms with Gasteiger partial charge in [-0.2, -0.15) is 4.98 Å². The number of hydrogen-bond donors (Lipinski definition) is 2. The first-order valence-corrected chi connectivity index (χ1v) is 7.41. The Balaban J connectivity index is 1.84. The molecule has 1 atom stereocenters. The molecular weight excluding hydrogens is 264 g/mol. The van der Waals surface area contributed by atoms with Crippen molar-refractivity contribution in [2.24, 2.45) is 11.1 Å². The van der Waals surface area contributed by atoms with Crippen molar-refractivity contribution in [3.63, 3.8) is 0 Å². The van der Waals surface area contributed by atoms with Crippen LogP contribution < -0.4 is 10.6 Å². The monoisotopic (exact) mass is 286 g/mol. The van der Waals surface area contributed by atoms with Crippen LogP contribution in [-0.4, -0.2) is 39.8 Å². The number of aromatic amines is 1. The predicted molar refractivity (Wildman–Crippen MR) is 83.0 cm³/mol. The molecule has 1 unspecified atom stereocenters. The molecule has 2 aromatic rings. The second-order valence-corrected chi connectivity index (χ2v) is 6.19. The van der Waals surface area contributed by atoms with E-state index in [1.54, 1.807) is 6.20 Å². The molecule has 0 aliphatic carbocycles. The number of nitrogens with one attached hydrogen (secondary N) is 1. The molecular formula is C15H22N6. The number of aromatic nitrogens is 4. The zero-order chi connectivity index (χ0) is 14.9. The molecule has 3 N–H and O–H groups in total. The Morgan fingerprint density at radius 2 is 2.33 bits per heavy atom. The van der Waals surface area contributed by atoms with Crippen molar-refractivity contribution in [3.05, 3.63) is 23.9 Å².